The SMILES string of the molecule is CCOC(=O)/C(C=NC(C)CO)=C(\O)c1ncc(F)c(C)c1F. The van der Waals surface area contributed by atoms with Crippen molar-refractivity contribution in [1.29, 1.82) is 0 Å². The van der Waals surface area contributed by atoms with Gasteiger partial charge in [0.1, 0.15) is 17.1 Å². The van der Waals surface area contributed by atoms with Gasteiger partial charge in [-0.25, -0.2) is 18.6 Å². The number of esters is 1. The highest BCUT2D eigenvalue weighted by atomic mass is 19.1. The Hall–Kier alpha value is -2.35. The monoisotopic (exact) mass is 328 g/mol. The lowest BCUT2D eigenvalue weighted by molar-refractivity contribution is -0.137. The number of rotatable bonds is 6. The summed E-state index contributed by atoms with van der Waals surface area (Å²) in [6.45, 7) is 4.04. The van der Waals surface area contributed by atoms with Crippen molar-refractivity contribution in [3.8, 4) is 0 Å². The van der Waals surface area contributed by atoms with Crippen LogP contribution in [0.25, 0.3) is 5.76 Å². The number of carbonyl (C=O) groups excluding carboxylic acids is 1. The van der Waals surface area contributed by atoms with Crippen molar-refractivity contribution in [2.45, 2.75) is 26.8 Å². The molecule has 126 valence electrons. The second-order valence-corrected chi connectivity index (χ2v) is 4.69. The summed E-state index contributed by atoms with van der Waals surface area (Å²) in [6, 6.07) is -0.542. The van der Waals surface area contributed by atoms with Gasteiger partial charge in [-0.3, -0.25) is 4.99 Å². The minimum Gasteiger partial charge on any atom is -0.505 e. The van der Waals surface area contributed by atoms with E-state index in [9.17, 15) is 18.7 Å². The second kappa shape index (κ2) is 8.33. The molecule has 0 aliphatic heterocycles. The number of aliphatic hydroxyl groups excluding tert-OH is 2. The van der Waals surface area contributed by atoms with E-state index in [1.54, 1.807) is 13.8 Å². The quantitative estimate of drug-likeness (QED) is 0.360. The Labute approximate surface area is 132 Å². The molecule has 23 heavy (non-hydrogen) atoms. The van der Waals surface area contributed by atoms with E-state index in [-0.39, 0.29) is 18.8 Å². The molecule has 0 aliphatic rings. The summed E-state index contributed by atoms with van der Waals surface area (Å²) in [6.07, 6.45) is 1.70. The lowest BCUT2D eigenvalue weighted by Crippen LogP contribution is -2.14. The van der Waals surface area contributed by atoms with E-state index in [1.807, 2.05) is 0 Å². The van der Waals surface area contributed by atoms with Crippen molar-refractivity contribution < 1.29 is 28.5 Å². The minimum atomic E-state index is -1.09. The van der Waals surface area contributed by atoms with Crippen LogP contribution in [0.1, 0.15) is 25.1 Å². The van der Waals surface area contributed by atoms with Crippen molar-refractivity contribution in [3.63, 3.8) is 0 Å². The first-order chi connectivity index (χ1) is 10.8. The molecular formula is C15H18F2N2O4. The summed E-state index contributed by atoms with van der Waals surface area (Å²) < 4.78 is 32.1. The second-order valence-electron chi connectivity index (χ2n) is 4.69. The van der Waals surface area contributed by atoms with Gasteiger partial charge in [-0.2, -0.15) is 0 Å². The Kier molecular flexibility index (Phi) is 6.77. The van der Waals surface area contributed by atoms with Gasteiger partial charge >= 0.3 is 5.97 Å². The summed E-state index contributed by atoms with van der Waals surface area (Å²) >= 11 is 0. The molecule has 1 atom stereocenters. The van der Waals surface area contributed by atoms with Gasteiger partial charge in [-0.1, -0.05) is 0 Å². The number of aliphatic imine (C=N–C) groups is 1. The maximum absolute atomic E-state index is 14.1. The first kappa shape index (κ1) is 18.7. The maximum Gasteiger partial charge on any atom is 0.343 e. The normalized spacial score (nSPS) is 13.8. The minimum absolute atomic E-state index is 0.0252. The van der Waals surface area contributed by atoms with Crippen LogP contribution in [0.2, 0.25) is 0 Å². The summed E-state index contributed by atoms with van der Waals surface area (Å²) in [5, 5.41) is 19.1. The molecule has 1 aromatic heterocycles. The topological polar surface area (TPSA) is 92.0 Å². The fourth-order valence-electron chi connectivity index (χ4n) is 1.52. The highest BCUT2D eigenvalue weighted by molar-refractivity contribution is 6.14. The average molecular weight is 328 g/mol. The lowest BCUT2D eigenvalue weighted by atomic mass is 10.1. The predicted octanol–water partition coefficient (Wildman–Crippen LogP) is 1.95. The van der Waals surface area contributed by atoms with Crippen LogP contribution in [-0.2, 0) is 9.53 Å². The van der Waals surface area contributed by atoms with E-state index in [0.29, 0.717) is 0 Å². The van der Waals surface area contributed by atoms with Crippen LogP contribution < -0.4 is 0 Å². The van der Waals surface area contributed by atoms with Crippen molar-refractivity contribution in [2.75, 3.05) is 13.2 Å². The largest absolute Gasteiger partial charge is 0.505 e. The van der Waals surface area contributed by atoms with Gasteiger partial charge < -0.3 is 14.9 Å². The van der Waals surface area contributed by atoms with Gasteiger partial charge in [-0.05, 0) is 20.8 Å². The molecular weight excluding hydrogens is 310 g/mol. The van der Waals surface area contributed by atoms with Crippen LogP contribution in [0.5, 0.6) is 0 Å². The van der Waals surface area contributed by atoms with Gasteiger partial charge in [0.25, 0.3) is 0 Å². The number of pyridine rings is 1. The van der Waals surface area contributed by atoms with Crippen molar-refractivity contribution >= 4 is 17.9 Å². The first-order valence-corrected chi connectivity index (χ1v) is 6.88. The van der Waals surface area contributed by atoms with E-state index in [2.05, 4.69) is 9.98 Å². The molecule has 1 heterocycles. The smallest absolute Gasteiger partial charge is 0.343 e. The average Bonchev–Trinajstić information content (AvgIpc) is 2.52. The number of ether oxygens (including phenoxy) is 1. The number of aromatic nitrogens is 1. The van der Waals surface area contributed by atoms with Crippen LogP contribution in [0.3, 0.4) is 0 Å². The van der Waals surface area contributed by atoms with Crippen LogP contribution in [0, 0.1) is 18.6 Å². The Morgan fingerprint density at radius 1 is 1.52 bits per heavy atom. The molecule has 0 radical (unpaired) electrons. The number of nitrogens with zero attached hydrogens (tertiary/aromatic N) is 2. The van der Waals surface area contributed by atoms with E-state index in [0.717, 1.165) is 12.4 Å². The van der Waals surface area contributed by atoms with Gasteiger partial charge in [-0.15, -0.1) is 0 Å². The summed E-state index contributed by atoms with van der Waals surface area (Å²) in [7, 11) is 0. The van der Waals surface area contributed by atoms with E-state index < -0.39 is 40.7 Å². The third-order valence-electron chi connectivity index (χ3n) is 2.90. The summed E-state index contributed by atoms with van der Waals surface area (Å²) in [4.78, 5) is 19.2. The molecule has 0 amide bonds. The number of hydrogen-bond acceptors (Lipinski definition) is 6. The summed E-state index contributed by atoms with van der Waals surface area (Å²) in [5.74, 6) is -3.73. The lowest BCUT2D eigenvalue weighted by Gasteiger charge is -2.09. The van der Waals surface area contributed by atoms with Crippen molar-refractivity contribution in [2.24, 2.45) is 4.99 Å². The molecule has 1 rings (SSSR count). The molecule has 0 spiro atoms. The molecule has 0 fully saturated rings. The molecule has 6 nitrogen and oxygen atoms in total. The standard InChI is InChI=1S/C15H18F2N2O4/c1-4-23-15(22)10(5-18-8(2)7-20)14(21)13-12(17)9(3)11(16)6-19-13/h5-6,8,20-21H,4,7H2,1-3H3/b14-10-,18-5?. The molecule has 0 aliphatic carbocycles. The van der Waals surface area contributed by atoms with Crippen LogP contribution in [0.4, 0.5) is 8.78 Å². The van der Waals surface area contributed by atoms with E-state index in [4.69, 9.17) is 9.84 Å². The highest BCUT2D eigenvalue weighted by Crippen LogP contribution is 2.21. The molecule has 0 saturated carbocycles. The highest BCUT2D eigenvalue weighted by Gasteiger charge is 2.22. The van der Waals surface area contributed by atoms with Gasteiger partial charge in [0, 0.05) is 11.8 Å². The Bertz CT molecular complexity index is 645. The zero-order valence-electron chi connectivity index (χ0n) is 13.0. The van der Waals surface area contributed by atoms with Crippen LogP contribution in [0.15, 0.2) is 16.8 Å². The fourth-order valence-corrected chi connectivity index (χ4v) is 1.52. The Morgan fingerprint density at radius 3 is 2.74 bits per heavy atom. The molecule has 0 aromatic carbocycles. The predicted molar refractivity (Wildman–Crippen MR) is 80.1 cm³/mol. The zero-order chi connectivity index (χ0) is 17.6. The molecule has 2 N–H and O–H groups in total. The molecule has 8 heteroatoms. The Balaban J connectivity index is 3.42. The molecule has 1 aromatic rings. The maximum atomic E-state index is 14.1. The molecule has 0 bridgehead atoms. The van der Waals surface area contributed by atoms with Gasteiger partial charge in [0.15, 0.2) is 11.6 Å². The third kappa shape index (κ3) is 4.56. The summed E-state index contributed by atoms with van der Waals surface area (Å²) in [5.41, 5.74) is -1.37. The van der Waals surface area contributed by atoms with E-state index >= 15 is 0 Å². The van der Waals surface area contributed by atoms with Crippen LogP contribution >= 0.6 is 0 Å². The molecule has 0 saturated heterocycles. The number of carbonyl (C=O) groups is 1. The Morgan fingerprint density at radius 2 is 2.17 bits per heavy atom. The number of hydrogen-bond donors (Lipinski definition) is 2. The fraction of sp³-hybridized carbons (Fsp3) is 0.400. The van der Waals surface area contributed by atoms with E-state index in [1.165, 1.54) is 6.92 Å². The van der Waals surface area contributed by atoms with Crippen molar-refractivity contribution in [1.82, 2.24) is 4.98 Å². The number of halogens is 2. The number of aliphatic hydroxyl groups is 2. The molecule has 1 unspecified atom stereocenters. The van der Waals surface area contributed by atoms with Gasteiger partial charge in [0.2, 0.25) is 0 Å². The third-order valence-corrected chi connectivity index (χ3v) is 2.90. The van der Waals surface area contributed by atoms with Crippen molar-refractivity contribution in [3.05, 3.63) is 34.7 Å². The van der Waals surface area contributed by atoms with Crippen LogP contribution in [-0.4, -0.2) is 46.6 Å². The van der Waals surface area contributed by atoms with Gasteiger partial charge in [0.05, 0.1) is 25.5 Å². The zero-order valence-corrected chi connectivity index (χ0v) is 13.0. The first-order valence-electron chi connectivity index (χ1n) is 6.88.